The Morgan fingerprint density at radius 3 is 2.47 bits per heavy atom. The Morgan fingerprint density at radius 1 is 1.29 bits per heavy atom. The van der Waals surface area contributed by atoms with Crippen LogP contribution in [-0.4, -0.2) is 15.3 Å². The van der Waals surface area contributed by atoms with Crippen LogP contribution in [-0.2, 0) is 17.8 Å². The highest BCUT2D eigenvalue weighted by atomic mass is 16.1. The molecule has 1 heterocycles. The number of aryl methyl sites for hydroxylation is 1. The maximum Gasteiger partial charge on any atom is 0.143 e. The number of hydrogen-bond acceptors (Lipinski definition) is 2. The Balaban J connectivity index is 2.62. The molecular weight excluding hydrogens is 212 g/mol. The van der Waals surface area contributed by atoms with Gasteiger partial charge < -0.3 is 4.57 Å². The Bertz CT molecular complexity index is 338. The van der Waals surface area contributed by atoms with Gasteiger partial charge in [0.1, 0.15) is 11.6 Å². The number of carbonyl (C=O) groups is 1. The minimum Gasteiger partial charge on any atom is -0.335 e. The van der Waals surface area contributed by atoms with E-state index in [9.17, 15) is 4.79 Å². The van der Waals surface area contributed by atoms with Crippen molar-refractivity contribution in [2.24, 2.45) is 5.92 Å². The van der Waals surface area contributed by atoms with Crippen molar-refractivity contribution < 1.29 is 4.79 Å². The molecule has 0 saturated carbocycles. The molecule has 0 N–H and O–H groups in total. The highest BCUT2D eigenvalue weighted by Crippen LogP contribution is 2.16. The topological polar surface area (TPSA) is 34.9 Å². The lowest BCUT2D eigenvalue weighted by atomic mass is 9.92. The zero-order valence-corrected chi connectivity index (χ0v) is 11.3. The van der Waals surface area contributed by atoms with Crippen LogP contribution >= 0.6 is 0 Å². The van der Waals surface area contributed by atoms with E-state index in [0.717, 1.165) is 38.1 Å². The quantitative estimate of drug-likeness (QED) is 0.694. The lowest BCUT2D eigenvalue weighted by Gasteiger charge is -2.14. The molecule has 0 spiro atoms. The summed E-state index contributed by atoms with van der Waals surface area (Å²) in [7, 11) is 0. The first-order valence-corrected chi connectivity index (χ1v) is 6.75. The summed E-state index contributed by atoms with van der Waals surface area (Å²) in [6, 6.07) is 0. The first-order valence-electron chi connectivity index (χ1n) is 6.75. The number of Topliss-reactive ketones (excluding diaryl/α,β-unsaturated/α-hetero) is 1. The van der Waals surface area contributed by atoms with Crippen LogP contribution in [0.4, 0.5) is 0 Å². The minimum absolute atomic E-state index is 0.229. The zero-order valence-electron chi connectivity index (χ0n) is 11.3. The summed E-state index contributed by atoms with van der Waals surface area (Å²) < 4.78 is 2.05. The maximum atomic E-state index is 12.2. The smallest absolute Gasteiger partial charge is 0.143 e. The molecule has 0 unspecified atom stereocenters. The van der Waals surface area contributed by atoms with Gasteiger partial charge in [-0.1, -0.05) is 26.7 Å². The third kappa shape index (κ3) is 3.99. The fourth-order valence-electron chi connectivity index (χ4n) is 2.26. The Kier molecular flexibility index (Phi) is 5.95. The van der Waals surface area contributed by atoms with E-state index in [2.05, 4.69) is 25.8 Å². The molecule has 0 aromatic carbocycles. The Hall–Kier alpha value is -1.12. The van der Waals surface area contributed by atoms with Gasteiger partial charge in [-0.25, -0.2) is 4.98 Å². The molecule has 96 valence electrons. The first kappa shape index (κ1) is 13.9. The minimum atomic E-state index is 0.229. The van der Waals surface area contributed by atoms with Crippen LogP contribution in [0.1, 0.15) is 52.3 Å². The van der Waals surface area contributed by atoms with E-state index in [1.807, 2.05) is 10.8 Å². The van der Waals surface area contributed by atoms with Crippen LogP contribution in [0.3, 0.4) is 0 Å². The largest absolute Gasteiger partial charge is 0.335 e. The standard InChI is InChI=1S/C14H24N2O/c1-4-7-12(8-5-2)13(17)11-14-15-9-10-16(14)6-3/h9-10,12H,4-8,11H2,1-3H3. The third-order valence-corrected chi connectivity index (χ3v) is 3.20. The molecule has 3 nitrogen and oxygen atoms in total. The highest BCUT2D eigenvalue weighted by molar-refractivity contribution is 5.82. The van der Waals surface area contributed by atoms with Gasteiger partial charge in [-0.3, -0.25) is 4.79 Å². The second-order valence-corrected chi connectivity index (χ2v) is 4.55. The predicted molar refractivity (Wildman–Crippen MR) is 69.9 cm³/mol. The van der Waals surface area contributed by atoms with Gasteiger partial charge in [0.25, 0.3) is 0 Å². The van der Waals surface area contributed by atoms with Crippen LogP contribution in [0.5, 0.6) is 0 Å². The molecule has 0 atom stereocenters. The molecule has 3 heteroatoms. The fourth-order valence-corrected chi connectivity index (χ4v) is 2.26. The molecule has 0 bridgehead atoms. The Morgan fingerprint density at radius 2 is 1.94 bits per heavy atom. The summed E-state index contributed by atoms with van der Waals surface area (Å²) in [4.78, 5) is 16.5. The van der Waals surface area contributed by atoms with Crippen molar-refractivity contribution in [2.75, 3.05) is 0 Å². The van der Waals surface area contributed by atoms with Crippen LogP contribution in [0.15, 0.2) is 12.4 Å². The van der Waals surface area contributed by atoms with E-state index in [0.29, 0.717) is 12.2 Å². The van der Waals surface area contributed by atoms with Gasteiger partial charge in [0, 0.05) is 24.9 Å². The van der Waals surface area contributed by atoms with Crippen LogP contribution in [0, 0.1) is 5.92 Å². The van der Waals surface area contributed by atoms with Gasteiger partial charge in [-0.2, -0.15) is 0 Å². The summed E-state index contributed by atoms with van der Waals surface area (Å²) in [5, 5.41) is 0. The van der Waals surface area contributed by atoms with E-state index in [1.165, 1.54) is 0 Å². The van der Waals surface area contributed by atoms with Crippen molar-refractivity contribution in [3.63, 3.8) is 0 Å². The SMILES string of the molecule is CCCC(CCC)C(=O)Cc1nccn1CC. The van der Waals surface area contributed by atoms with E-state index in [-0.39, 0.29) is 5.92 Å². The average molecular weight is 236 g/mol. The normalized spacial score (nSPS) is 11.1. The fraction of sp³-hybridized carbons (Fsp3) is 0.714. The molecule has 0 radical (unpaired) electrons. The number of nitrogens with zero attached hydrogens (tertiary/aromatic N) is 2. The third-order valence-electron chi connectivity index (χ3n) is 3.20. The van der Waals surface area contributed by atoms with E-state index in [4.69, 9.17) is 0 Å². The van der Waals surface area contributed by atoms with E-state index >= 15 is 0 Å². The second kappa shape index (κ2) is 7.25. The monoisotopic (exact) mass is 236 g/mol. The lowest BCUT2D eigenvalue weighted by molar-refractivity contribution is -0.122. The van der Waals surface area contributed by atoms with Crippen LogP contribution in [0.2, 0.25) is 0 Å². The van der Waals surface area contributed by atoms with Crippen molar-refractivity contribution in [3.8, 4) is 0 Å². The maximum absolute atomic E-state index is 12.2. The van der Waals surface area contributed by atoms with Gasteiger partial charge in [0.05, 0.1) is 6.42 Å². The number of imidazole rings is 1. The van der Waals surface area contributed by atoms with Crippen LogP contribution < -0.4 is 0 Å². The van der Waals surface area contributed by atoms with Gasteiger partial charge in [0.15, 0.2) is 0 Å². The van der Waals surface area contributed by atoms with Gasteiger partial charge in [-0.05, 0) is 19.8 Å². The van der Waals surface area contributed by atoms with E-state index in [1.54, 1.807) is 6.20 Å². The summed E-state index contributed by atoms with van der Waals surface area (Å²) in [6.07, 6.45) is 8.40. The molecule has 1 rings (SSSR count). The van der Waals surface area contributed by atoms with Gasteiger partial charge in [0.2, 0.25) is 0 Å². The first-order chi connectivity index (χ1) is 8.22. The summed E-state index contributed by atoms with van der Waals surface area (Å²) in [5.74, 6) is 1.50. The summed E-state index contributed by atoms with van der Waals surface area (Å²) in [5.41, 5.74) is 0. The molecule has 0 aliphatic rings. The van der Waals surface area contributed by atoms with E-state index < -0.39 is 0 Å². The number of rotatable bonds is 8. The van der Waals surface area contributed by atoms with Gasteiger partial charge >= 0.3 is 0 Å². The van der Waals surface area contributed by atoms with Crippen molar-refractivity contribution in [1.29, 1.82) is 0 Å². The molecule has 17 heavy (non-hydrogen) atoms. The molecule has 0 aliphatic heterocycles. The number of hydrogen-bond donors (Lipinski definition) is 0. The molecule has 0 fully saturated rings. The van der Waals surface area contributed by atoms with Crippen molar-refractivity contribution >= 4 is 5.78 Å². The highest BCUT2D eigenvalue weighted by Gasteiger charge is 2.18. The number of ketones is 1. The molecular formula is C14H24N2O. The summed E-state index contributed by atoms with van der Waals surface area (Å²) in [6.45, 7) is 7.24. The summed E-state index contributed by atoms with van der Waals surface area (Å²) >= 11 is 0. The predicted octanol–water partition coefficient (Wildman–Crippen LogP) is 3.23. The zero-order chi connectivity index (χ0) is 12.7. The van der Waals surface area contributed by atoms with Gasteiger partial charge in [-0.15, -0.1) is 0 Å². The molecule has 0 amide bonds. The number of aromatic nitrogens is 2. The molecule has 0 saturated heterocycles. The second-order valence-electron chi connectivity index (χ2n) is 4.55. The van der Waals surface area contributed by atoms with Crippen molar-refractivity contribution in [1.82, 2.24) is 9.55 Å². The molecule has 1 aromatic heterocycles. The lowest BCUT2D eigenvalue weighted by Crippen LogP contribution is -2.19. The van der Waals surface area contributed by atoms with Crippen molar-refractivity contribution in [2.45, 2.75) is 59.4 Å². The molecule has 1 aromatic rings. The Labute approximate surface area is 104 Å². The van der Waals surface area contributed by atoms with Crippen LogP contribution in [0.25, 0.3) is 0 Å². The number of carbonyl (C=O) groups excluding carboxylic acids is 1. The van der Waals surface area contributed by atoms with Crippen molar-refractivity contribution in [3.05, 3.63) is 18.2 Å². The average Bonchev–Trinajstić information content (AvgIpc) is 2.76. The molecule has 0 aliphatic carbocycles.